The van der Waals surface area contributed by atoms with Crippen molar-refractivity contribution < 1.29 is 24.9 Å². The Morgan fingerprint density at radius 2 is 1.79 bits per heavy atom. The fourth-order valence-corrected chi connectivity index (χ4v) is 8.05. The van der Waals surface area contributed by atoms with Crippen LogP contribution in [-0.2, 0) is 9.53 Å². The monoisotopic (exact) mass is 456 g/mol. The molecular weight excluding hydrogens is 416 g/mol. The predicted molar refractivity (Wildman–Crippen MR) is 126 cm³/mol. The second-order valence-electron chi connectivity index (χ2n) is 12.5. The normalized spacial score (nSPS) is 49.4. The third-order valence-electron chi connectivity index (χ3n) is 10.6. The highest BCUT2D eigenvalue weighted by Gasteiger charge is 2.62. The summed E-state index contributed by atoms with van der Waals surface area (Å²) in [6, 6.07) is 0. The fourth-order valence-electron chi connectivity index (χ4n) is 8.05. The van der Waals surface area contributed by atoms with Gasteiger partial charge in [-0.25, -0.2) is 0 Å². The van der Waals surface area contributed by atoms with Crippen LogP contribution in [0.5, 0.6) is 0 Å². The summed E-state index contributed by atoms with van der Waals surface area (Å²) in [6.07, 6.45) is 6.31. The summed E-state index contributed by atoms with van der Waals surface area (Å²) < 4.78 is 6.36. The first kappa shape index (κ1) is 23.5. The maximum Gasteiger partial charge on any atom is 0.156 e. The lowest BCUT2D eigenvalue weighted by Crippen LogP contribution is -2.51. The van der Waals surface area contributed by atoms with E-state index in [1.165, 1.54) is 0 Å². The molecule has 5 aliphatic rings. The number of fused-ring (bicyclic) bond motifs is 4. The van der Waals surface area contributed by atoms with Crippen LogP contribution >= 0.6 is 0 Å². The summed E-state index contributed by atoms with van der Waals surface area (Å²) in [5.41, 5.74) is 2.00. The lowest BCUT2D eigenvalue weighted by molar-refractivity contribution is -0.116. The molecule has 0 aromatic rings. The first-order chi connectivity index (χ1) is 15.3. The van der Waals surface area contributed by atoms with Gasteiger partial charge in [0.25, 0.3) is 0 Å². The molecule has 1 saturated carbocycles. The minimum atomic E-state index is -0.622. The molecule has 0 aromatic carbocycles. The number of hydrogen-bond donors (Lipinski definition) is 3. The Labute approximate surface area is 197 Å². The molecule has 10 atom stereocenters. The number of aliphatic hydroxyl groups excluding tert-OH is 3. The summed E-state index contributed by atoms with van der Waals surface area (Å²) in [5, 5.41) is 34.1. The molecule has 0 amide bonds. The molecule has 5 heteroatoms. The molecule has 5 nitrogen and oxygen atoms in total. The zero-order valence-corrected chi connectivity index (χ0v) is 20.8. The van der Waals surface area contributed by atoms with Crippen LogP contribution in [0.4, 0.5) is 0 Å². The van der Waals surface area contributed by atoms with E-state index in [2.05, 4.69) is 32.9 Å². The van der Waals surface area contributed by atoms with Gasteiger partial charge in [-0.2, -0.15) is 0 Å². The first-order valence-electron chi connectivity index (χ1n) is 12.7. The molecule has 33 heavy (non-hydrogen) atoms. The molecule has 0 spiro atoms. The van der Waals surface area contributed by atoms with Crippen LogP contribution in [0.3, 0.4) is 0 Å². The molecule has 1 saturated heterocycles. The summed E-state index contributed by atoms with van der Waals surface area (Å²) >= 11 is 0. The summed E-state index contributed by atoms with van der Waals surface area (Å²) in [5.74, 6) is 0.266. The molecule has 0 bridgehead atoms. The van der Waals surface area contributed by atoms with Gasteiger partial charge < -0.3 is 20.1 Å². The maximum absolute atomic E-state index is 12.1. The average Bonchev–Trinajstić information content (AvgIpc) is 3.14. The van der Waals surface area contributed by atoms with Gasteiger partial charge in [0.05, 0.1) is 30.0 Å². The number of carbonyl (C=O) groups excluding carboxylic acids is 1. The molecule has 0 radical (unpaired) electrons. The van der Waals surface area contributed by atoms with Gasteiger partial charge in [0, 0.05) is 17.8 Å². The van der Waals surface area contributed by atoms with Gasteiger partial charge in [-0.1, -0.05) is 39.8 Å². The Kier molecular flexibility index (Phi) is 5.24. The molecular formula is C28H40O5. The molecule has 2 fully saturated rings. The number of allylic oxidation sites excluding steroid dienone is 5. The van der Waals surface area contributed by atoms with Crippen LogP contribution in [0.1, 0.15) is 67.2 Å². The van der Waals surface area contributed by atoms with E-state index in [9.17, 15) is 20.1 Å². The highest BCUT2D eigenvalue weighted by molar-refractivity contribution is 5.92. The summed E-state index contributed by atoms with van der Waals surface area (Å²) in [4.78, 5) is 12.1. The Morgan fingerprint density at radius 1 is 1.09 bits per heavy atom. The SMILES string of the molecule is CC(C1OC(C)(C)C(C)C1O)C1CC(O)C2=C3C=CC4=CC(=O)CCC4(C)C3CC(O)C21C. The van der Waals surface area contributed by atoms with E-state index < -0.39 is 29.3 Å². The number of ketones is 1. The van der Waals surface area contributed by atoms with E-state index in [0.717, 1.165) is 23.1 Å². The standard InChI is InChI=1S/C28H40O5/c1-14(25-24(32)15(2)26(3,4)33-25)19-12-21(30)23-18-8-7-16-11-17(29)9-10-27(16,5)20(18)13-22(31)28(19,23)6/h7-8,11,14-15,19-22,24-25,30-32H,9-10,12-13H2,1-6H3. The van der Waals surface area contributed by atoms with Gasteiger partial charge >= 0.3 is 0 Å². The van der Waals surface area contributed by atoms with Gasteiger partial charge in [-0.3, -0.25) is 4.79 Å². The number of ether oxygens (including phenoxy) is 1. The van der Waals surface area contributed by atoms with Crippen molar-refractivity contribution in [2.45, 2.75) is 97.2 Å². The average molecular weight is 457 g/mol. The van der Waals surface area contributed by atoms with E-state index in [1.54, 1.807) is 6.08 Å². The number of rotatable bonds is 2. The van der Waals surface area contributed by atoms with E-state index in [1.807, 2.05) is 20.8 Å². The molecule has 1 aliphatic heterocycles. The minimum Gasteiger partial charge on any atom is -0.392 e. The molecule has 10 unspecified atom stereocenters. The van der Waals surface area contributed by atoms with E-state index in [0.29, 0.717) is 19.3 Å². The first-order valence-corrected chi connectivity index (χ1v) is 12.7. The van der Waals surface area contributed by atoms with E-state index in [-0.39, 0.29) is 41.0 Å². The van der Waals surface area contributed by atoms with Crippen LogP contribution < -0.4 is 0 Å². The number of carbonyl (C=O) groups is 1. The molecule has 0 aromatic heterocycles. The summed E-state index contributed by atoms with van der Waals surface area (Å²) in [7, 11) is 0. The van der Waals surface area contributed by atoms with Crippen molar-refractivity contribution in [1.29, 1.82) is 0 Å². The van der Waals surface area contributed by atoms with Crippen LogP contribution in [0.15, 0.2) is 34.9 Å². The Hall–Kier alpha value is -1.27. The van der Waals surface area contributed by atoms with Crippen LogP contribution in [0.25, 0.3) is 0 Å². The summed E-state index contributed by atoms with van der Waals surface area (Å²) in [6.45, 7) is 12.5. The second kappa shape index (κ2) is 7.36. The Balaban J connectivity index is 1.56. The quantitative estimate of drug-likeness (QED) is 0.589. The number of hydrogen-bond acceptors (Lipinski definition) is 5. The van der Waals surface area contributed by atoms with Crippen molar-refractivity contribution in [3.63, 3.8) is 0 Å². The molecule has 4 aliphatic carbocycles. The maximum atomic E-state index is 12.1. The zero-order chi connectivity index (χ0) is 24.1. The van der Waals surface area contributed by atoms with Crippen molar-refractivity contribution in [3.8, 4) is 0 Å². The number of aliphatic hydroxyl groups is 3. The lowest BCUT2D eigenvalue weighted by Gasteiger charge is -2.53. The second-order valence-corrected chi connectivity index (χ2v) is 12.5. The third-order valence-corrected chi connectivity index (χ3v) is 10.6. The zero-order valence-electron chi connectivity index (χ0n) is 20.8. The Bertz CT molecular complexity index is 959. The van der Waals surface area contributed by atoms with Gasteiger partial charge in [0.1, 0.15) is 0 Å². The Morgan fingerprint density at radius 3 is 2.42 bits per heavy atom. The van der Waals surface area contributed by atoms with E-state index in [4.69, 9.17) is 4.74 Å². The third kappa shape index (κ3) is 3.08. The minimum absolute atomic E-state index is 0.00206. The molecule has 1 heterocycles. The van der Waals surface area contributed by atoms with Crippen LogP contribution in [0.2, 0.25) is 0 Å². The van der Waals surface area contributed by atoms with Gasteiger partial charge in [-0.15, -0.1) is 0 Å². The predicted octanol–water partition coefficient (Wildman–Crippen LogP) is 3.73. The van der Waals surface area contributed by atoms with Gasteiger partial charge in [-0.05, 0) is 79.1 Å². The highest BCUT2D eigenvalue weighted by atomic mass is 16.5. The highest BCUT2D eigenvalue weighted by Crippen LogP contribution is 2.64. The van der Waals surface area contributed by atoms with Crippen molar-refractivity contribution in [2.24, 2.45) is 34.5 Å². The molecule has 3 N–H and O–H groups in total. The van der Waals surface area contributed by atoms with Crippen LogP contribution in [-0.4, -0.2) is 51.1 Å². The molecule has 5 rings (SSSR count). The van der Waals surface area contributed by atoms with Crippen LogP contribution in [0, 0.1) is 34.5 Å². The van der Waals surface area contributed by atoms with E-state index >= 15 is 0 Å². The largest absolute Gasteiger partial charge is 0.392 e. The smallest absolute Gasteiger partial charge is 0.156 e. The van der Waals surface area contributed by atoms with Crippen molar-refractivity contribution in [1.82, 2.24) is 0 Å². The van der Waals surface area contributed by atoms with Crippen molar-refractivity contribution >= 4 is 5.78 Å². The van der Waals surface area contributed by atoms with Crippen molar-refractivity contribution in [3.05, 3.63) is 34.9 Å². The van der Waals surface area contributed by atoms with Crippen molar-refractivity contribution in [2.75, 3.05) is 0 Å². The lowest BCUT2D eigenvalue weighted by atomic mass is 9.52. The van der Waals surface area contributed by atoms with Gasteiger partial charge in [0.2, 0.25) is 0 Å². The molecule has 182 valence electrons. The fraction of sp³-hybridized carbons (Fsp3) is 0.750. The topological polar surface area (TPSA) is 87.0 Å². The van der Waals surface area contributed by atoms with Gasteiger partial charge in [0.15, 0.2) is 5.78 Å².